The summed E-state index contributed by atoms with van der Waals surface area (Å²) in [6.07, 6.45) is 3.72. The van der Waals surface area contributed by atoms with E-state index in [0.717, 1.165) is 16.5 Å². The van der Waals surface area contributed by atoms with Crippen molar-refractivity contribution < 1.29 is 0 Å². The van der Waals surface area contributed by atoms with Crippen LogP contribution in [-0.2, 0) is 0 Å². The molecular weight excluding hydrogens is 296 g/mol. The van der Waals surface area contributed by atoms with Crippen LogP contribution in [-0.4, -0.2) is 22.0 Å². The van der Waals surface area contributed by atoms with Crippen LogP contribution in [0.15, 0.2) is 18.2 Å². The molecule has 1 aromatic carbocycles. The second-order valence-corrected chi connectivity index (χ2v) is 7.21. The maximum Gasteiger partial charge on any atom is 0.104 e. The summed E-state index contributed by atoms with van der Waals surface area (Å²) in [7, 11) is 0. The molecule has 0 heterocycles. The van der Waals surface area contributed by atoms with Gasteiger partial charge in [-0.15, -0.1) is 0 Å². The lowest BCUT2D eigenvalue weighted by molar-refractivity contribution is 0.757. The number of rotatable bonds is 5. The average molecular weight is 315 g/mol. The van der Waals surface area contributed by atoms with Gasteiger partial charge in [0.1, 0.15) is 4.99 Å². The van der Waals surface area contributed by atoms with Gasteiger partial charge < -0.3 is 11.1 Å². The molecule has 0 aromatic heterocycles. The number of nitrogens with one attached hydrogen (secondary N) is 1. The minimum Gasteiger partial charge on any atom is -0.389 e. The number of thiocarbonyl (C=S) groups is 1. The Labute approximate surface area is 129 Å². The Balaban J connectivity index is 1.98. The van der Waals surface area contributed by atoms with Crippen LogP contribution >= 0.6 is 35.6 Å². The Hall–Kier alpha value is -0.450. The van der Waals surface area contributed by atoms with Gasteiger partial charge in [-0.3, -0.25) is 0 Å². The van der Waals surface area contributed by atoms with Crippen LogP contribution in [0, 0.1) is 0 Å². The quantitative estimate of drug-likeness (QED) is 0.804. The molecule has 104 valence electrons. The van der Waals surface area contributed by atoms with E-state index in [9.17, 15) is 0 Å². The van der Waals surface area contributed by atoms with Crippen LogP contribution in [0.5, 0.6) is 0 Å². The van der Waals surface area contributed by atoms with E-state index in [-0.39, 0.29) is 0 Å². The van der Waals surface area contributed by atoms with Crippen LogP contribution < -0.4 is 11.1 Å². The SMILES string of the molecule is CCSC1CCC(Nc2ccc(C(N)=S)cc2Cl)C1. The average Bonchev–Trinajstić information content (AvgIpc) is 2.79. The van der Waals surface area contributed by atoms with Gasteiger partial charge in [0, 0.05) is 16.9 Å². The van der Waals surface area contributed by atoms with Gasteiger partial charge in [0.2, 0.25) is 0 Å². The minimum atomic E-state index is 0.383. The summed E-state index contributed by atoms with van der Waals surface area (Å²) in [6, 6.07) is 6.25. The van der Waals surface area contributed by atoms with E-state index in [0.29, 0.717) is 16.1 Å². The summed E-state index contributed by atoms with van der Waals surface area (Å²) in [6.45, 7) is 2.22. The van der Waals surface area contributed by atoms with E-state index in [2.05, 4.69) is 24.0 Å². The summed E-state index contributed by atoms with van der Waals surface area (Å²) < 4.78 is 0. The van der Waals surface area contributed by atoms with Gasteiger partial charge in [-0.1, -0.05) is 30.7 Å². The summed E-state index contributed by atoms with van der Waals surface area (Å²) >= 11 is 13.3. The smallest absolute Gasteiger partial charge is 0.104 e. The first-order valence-corrected chi connectivity index (χ1v) is 8.41. The molecule has 1 aliphatic rings. The molecule has 0 amide bonds. The van der Waals surface area contributed by atoms with Crippen molar-refractivity contribution in [3.63, 3.8) is 0 Å². The molecule has 1 aliphatic carbocycles. The molecule has 0 spiro atoms. The Morgan fingerprint density at radius 3 is 2.95 bits per heavy atom. The number of hydrogen-bond donors (Lipinski definition) is 2. The molecular formula is C14H19ClN2S2. The maximum atomic E-state index is 6.27. The lowest BCUT2D eigenvalue weighted by atomic mass is 10.2. The Morgan fingerprint density at radius 2 is 2.32 bits per heavy atom. The van der Waals surface area contributed by atoms with Gasteiger partial charge in [0.15, 0.2) is 0 Å². The van der Waals surface area contributed by atoms with Crippen molar-refractivity contribution in [2.45, 2.75) is 37.5 Å². The first-order chi connectivity index (χ1) is 9.10. The first kappa shape index (κ1) is 14.9. The van der Waals surface area contributed by atoms with Crippen molar-refractivity contribution in [2.24, 2.45) is 5.73 Å². The van der Waals surface area contributed by atoms with Gasteiger partial charge >= 0.3 is 0 Å². The number of benzene rings is 1. The van der Waals surface area contributed by atoms with Gasteiger partial charge in [-0.05, 0) is 43.2 Å². The van der Waals surface area contributed by atoms with Crippen LogP contribution in [0.3, 0.4) is 0 Å². The van der Waals surface area contributed by atoms with Crippen LogP contribution in [0.2, 0.25) is 5.02 Å². The van der Waals surface area contributed by atoms with Crippen molar-refractivity contribution >= 4 is 46.3 Å². The molecule has 19 heavy (non-hydrogen) atoms. The fourth-order valence-corrected chi connectivity index (χ4v) is 3.97. The number of halogens is 1. The number of thioether (sulfide) groups is 1. The molecule has 5 heteroatoms. The highest BCUT2D eigenvalue weighted by Crippen LogP contribution is 2.33. The summed E-state index contributed by atoms with van der Waals surface area (Å²) in [4.78, 5) is 0.383. The molecule has 1 saturated carbocycles. The second-order valence-electron chi connectivity index (χ2n) is 4.79. The first-order valence-electron chi connectivity index (χ1n) is 6.57. The standard InChI is InChI=1S/C14H19ClN2S2/c1-2-19-11-5-4-10(8-11)17-13-6-3-9(14(16)18)7-12(13)15/h3,6-7,10-11,17H,2,4-5,8H2,1H3,(H2,16,18). The zero-order valence-electron chi connectivity index (χ0n) is 11.0. The molecule has 1 aromatic rings. The lowest BCUT2D eigenvalue weighted by Gasteiger charge is -2.16. The van der Waals surface area contributed by atoms with Gasteiger partial charge in [0.05, 0.1) is 10.7 Å². The number of nitrogens with two attached hydrogens (primary N) is 1. The summed E-state index contributed by atoms with van der Waals surface area (Å²) in [5.41, 5.74) is 7.39. The predicted molar refractivity (Wildman–Crippen MR) is 90.5 cm³/mol. The van der Waals surface area contributed by atoms with Gasteiger partial charge in [-0.25, -0.2) is 0 Å². The fourth-order valence-electron chi connectivity index (χ4n) is 2.46. The van der Waals surface area contributed by atoms with E-state index in [1.54, 1.807) is 0 Å². The predicted octanol–water partition coefficient (Wildman–Crippen LogP) is 4.06. The highest BCUT2D eigenvalue weighted by molar-refractivity contribution is 7.99. The molecule has 0 aliphatic heterocycles. The van der Waals surface area contributed by atoms with Crippen molar-refractivity contribution in [3.8, 4) is 0 Å². The van der Waals surface area contributed by atoms with Crippen molar-refractivity contribution in [1.82, 2.24) is 0 Å². The fraction of sp³-hybridized carbons (Fsp3) is 0.500. The Kier molecular flexibility index (Phi) is 5.37. The van der Waals surface area contributed by atoms with Gasteiger partial charge in [0.25, 0.3) is 0 Å². The molecule has 0 saturated heterocycles. The summed E-state index contributed by atoms with van der Waals surface area (Å²) in [5, 5.41) is 5.01. The maximum absolute atomic E-state index is 6.27. The lowest BCUT2D eigenvalue weighted by Crippen LogP contribution is -2.16. The number of anilines is 1. The second kappa shape index (κ2) is 6.82. The van der Waals surface area contributed by atoms with Gasteiger partial charge in [-0.2, -0.15) is 11.8 Å². The third-order valence-corrected chi connectivity index (χ3v) is 5.18. The zero-order chi connectivity index (χ0) is 13.8. The molecule has 2 rings (SSSR count). The van der Waals surface area contributed by atoms with Crippen LogP contribution in [0.1, 0.15) is 31.7 Å². The minimum absolute atomic E-state index is 0.383. The molecule has 3 N–H and O–H groups in total. The monoisotopic (exact) mass is 314 g/mol. The Bertz CT molecular complexity index is 465. The van der Waals surface area contributed by atoms with E-state index in [1.807, 2.05) is 18.2 Å². The molecule has 0 radical (unpaired) electrons. The Morgan fingerprint density at radius 1 is 1.53 bits per heavy atom. The van der Waals surface area contributed by atoms with Crippen molar-refractivity contribution in [2.75, 3.05) is 11.1 Å². The molecule has 2 unspecified atom stereocenters. The largest absolute Gasteiger partial charge is 0.389 e. The van der Waals surface area contributed by atoms with Crippen LogP contribution in [0.4, 0.5) is 5.69 Å². The van der Waals surface area contributed by atoms with E-state index >= 15 is 0 Å². The highest BCUT2D eigenvalue weighted by atomic mass is 35.5. The zero-order valence-corrected chi connectivity index (χ0v) is 13.4. The van der Waals surface area contributed by atoms with E-state index < -0.39 is 0 Å². The molecule has 2 nitrogen and oxygen atoms in total. The van der Waals surface area contributed by atoms with E-state index in [4.69, 9.17) is 29.6 Å². The topological polar surface area (TPSA) is 38.0 Å². The van der Waals surface area contributed by atoms with Crippen LogP contribution in [0.25, 0.3) is 0 Å². The molecule has 0 bridgehead atoms. The van der Waals surface area contributed by atoms with E-state index in [1.165, 1.54) is 25.0 Å². The van der Waals surface area contributed by atoms with Crippen molar-refractivity contribution in [3.05, 3.63) is 28.8 Å². The molecule has 2 atom stereocenters. The summed E-state index contributed by atoms with van der Waals surface area (Å²) in [5.74, 6) is 1.20. The normalized spacial score (nSPS) is 22.4. The highest BCUT2D eigenvalue weighted by Gasteiger charge is 2.24. The molecule has 1 fully saturated rings. The third-order valence-electron chi connectivity index (χ3n) is 3.40. The third kappa shape index (κ3) is 4.01. The van der Waals surface area contributed by atoms with Crippen molar-refractivity contribution in [1.29, 1.82) is 0 Å². The number of hydrogen-bond acceptors (Lipinski definition) is 3.